The Morgan fingerprint density at radius 1 is 1.30 bits per heavy atom. The summed E-state index contributed by atoms with van der Waals surface area (Å²) in [6, 6.07) is 0. The molecule has 4 heteroatoms. The summed E-state index contributed by atoms with van der Waals surface area (Å²) in [5.74, 6) is 0.940. The minimum atomic E-state index is -0.110. The normalized spacial score (nSPS) is 39.7. The number of hydrogen-bond acceptors (Lipinski definition) is 4. The molecule has 3 aliphatic rings. The summed E-state index contributed by atoms with van der Waals surface area (Å²) in [7, 11) is 0. The molecule has 2 saturated heterocycles. The molecule has 1 saturated carbocycles. The van der Waals surface area contributed by atoms with Gasteiger partial charge in [-0.05, 0) is 44.9 Å². The molecule has 0 unspecified atom stereocenters. The van der Waals surface area contributed by atoms with Gasteiger partial charge in [-0.3, -0.25) is 4.79 Å². The minimum Gasteiger partial charge on any atom is -0.459 e. The van der Waals surface area contributed by atoms with Gasteiger partial charge >= 0.3 is 5.97 Å². The molecule has 5 atom stereocenters. The molecule has 0 spiro atoms. The maximum absolute atomic E-state index is 11.6. The zero-order valence-electron chi connectivity index (χ0n) is 12.3. The third-order valence-corrected chi connectivity index (χ3v) is 4.75. The van der Waals surface area contributed by atoms with Gasteiger partial charge in [0.1, 0.15) is 12.2 Å². The Labute approximate surface area is 120 Å². The lowest BCUT2D eigenvalue weighted by atomic mass is 9.73. The first-order valence-corrected chi connectivity index (χ1v) is 7.71. The highest BCUT2D eigenvalue weighted by atomic mass is 16.6. The van der Waals surface area contributed by atoms with Crippen LogP contribution in [-0.2, 0) is 19.0 Å². The van der Waals surface area contributed by atoms with E-state index in [0.717, 1.165) is 25.9 Å². The lowest BCUT2D eigenvalue weighted by Crippen LogP contribution is -2.54. The average molecular weight is 280 g/mol. The summed E-state index contributed by atoms with van der Waals surface area (Å²) in [4.78, 5) is 11.6. The largest absolute Gasteiger partial charge is 0.459 e. The van der Waals surface area contributed by atoms with Crippen molar-refractivity contribution in [1.29, 1.82) is 0 Å². The molecule has 112 valence electrons. The van der Waals surface area contributed by atoms with Crippen LogP contribution >= 0.6 is 0 Å². The third kappa shape index (κ3) is 2.77. The van der Waals surface area contributed by atoms with Gasteiger partial charge in [0.2, 0.25) is 0 Å². The van der Waals surface area contributed by atoms with Crippen LogP contribution in [0, 0.1) is 11.8 Å². The van der Waals surface area contributed by atoms with Gasteiger partial charge < -0.3 is 14.2 Å². The summed E-state index contributed by atoms with van der Waals surface area (Å²) < 4.78 is 17.5. The van der Waals surface area contributed by atoms with Crippen LogP contribution in [0.3, 0.4) is 0 Å². The Bertz CT molecular complexity index is 399. The van der Waals surface area contributed by atoms with Crippen molar-refractivity contribution in [3.8, 4) is 0 Å². The van der Waals surface area contributed by atoms with Crippen molar-refractivity contribution < 1.29 is 19.0 Å². The molecule has 0 N–H and O–H groups in total. The van der Waals surface area contributed by atoms with E-state index in [-0.39, 0.29) is 24.3 Å². The molecular weight excluding hydrogens is 256 g/mol. The quantitative estimate of drug-likeness (QED) is 0.588. The number of allylic oxidation sites excluding steroid dienone is 1. The number of hydrogen-bond donors (Lipinski definition) is 0. The lowest BCUT2D eigenvalue weighted by molar-refractivity contribution is -0.196. The van der Waals surface area contributed by atoms with Crippen molar-refractivity contribution in [2.45, 2.75) is 57.8 Å². The topological polar surface area (TPSA) is 44.8 Å². The molecule has 4 nitrogen and oxygen atoms in total. The van der Waals surface area contributed by atoms with Crippen LogP contribution in [0.25, 0.3) is 0 Å². The highest BCUT2D eigenvalue weighted by Gasteiger charge is 2.51. The van der Waals surface area contributed by atoms with E-state index in [1.165, 1.54) is 5.57 Å². The average Bonchev–Trinajstić information content (AvgIpc) is 2.86. The fourth-order valence-corrected chi connectivity index (χ4v) is 3.72. The van der Waals surface area contributed by atoms with Gasteiger partial charge in [-0.15, -0.1) is 0 Å². The molecule has 1 aliphatic carbocycles. The first kappa shape index (κ1) is 14.1. The van der Waals surface area contributed by atoms with Crippen LogP contribution < -0.4 is 0 Å². The fraction of sp³-hybridized carbons (Fsp3) is 0.812. The van der Waals surface area contributed by atoms with E-state index in [1.54, 1.807) is 0 Å². The lowest BCUT2D eigenvalue weighted by Gasteiger charge is -2.45. The monoisotopic (exact) mass is 280 g/mol. The number of fused-ring (bicyclic) bond motifs is 2. The predicted octanol–water partition coefficient (Wildman–Crippen LogP) is 2.47. The van der Waals surface area contributed by atoms with Gasteiger partial charge in [-0.1, -0.05) is 11.6 Å². The Hall–Kier alpha value is -0.870. The molecule has 20 heavy (non-hydrogen) atoms. The SMILES string of the molecule is CC(C)=CCO[C@@H]1[C@@H]2OCC[C@@H]2C[C@H]2CCC(=O)O[C@H]21. The van der Waals surface area contributed by atoms with Crippen molar-refractivity contribution in [2.75, 3.05) is 13.2 Å². The number of carbonyl (C=O) groups is 1. The van der Waals surface area contributed by atoms with E-state index in [0.29, 0.717) is 24.9 Å². The van der Waals surface area contributed by atoms with Gasteiger partial charge in [0.15, 0.2) is 0 Å². The molecular formula is C16H24O4. The van der Waals surface area contributed by atoms with E-state index in [9.17, 15) is 4.79 Å². The third-order valence-electron chi connectivity index (χ3n) is 4.75. The van der Waals surface area contributed by atoms with Crippen LogP contribution in [0.4, 0.5) is 0 Å². The molecule has 0 aromatic rings. The van der Waals surface area contributed by atoms with Gasteiger partial charge in [0.05, 0.1) is 12.7 Å². The molecule has 3 fully saturated rings. The van der Waals surface area contributed by atoms with E-state index in [1.807, 2.05) is 0 Å². The molecule has 0 aromatic heterocycles. The summed E-state index contributed by atoms with van der Waals surface area (Å²) in [6.07, 6.45) is 5.69. The molecule has 0 amide bonds. The van der Waals surface area contributed by atoms with Gasteiger partial charge in [-0.2, -0.15) is 0 Å². The summed E-state index contributed by atoms with van der Waals surface area (Å²) in [6.45, 7) is 5.50. The highest BCUT2D eigenvalue weighted by molar-refractivity contribution is 5.70. The first-order valence-electron chi connectivity index (χ1n) is 7.71. The second-order valence-electron chi connectivity index (χ2n) is 6.45. The Morgan fingerprint density at radius 3 is 2.90 bits per heavy atom. The number of esters is 1. The predicted molar refractivity (Wildman–Crippen MR) is 74.2 cm³/mol. The maximum Gasteiger partial charge on any atom is 0.306 e. The minimum absolute atomic E-state index is 0.0847. The summed E-state index contributed by atoms with van der Waals surface area (Å²) in [5.41, 5.74) is 1.24. The van der Waals surface area contributed by atoms with Crippen LogP contribution in [0.1, 0.15) is 39.5 Å². The van der Waals surface area contributed by atoms with Gasteiger partial charge in [0.25, 0.3) is 0 Å². The Kier molecular flexibility index (Phi) is 4.13. The molecule has 0 radical (unpaired) electrons. The van der Waals surface area contributed by atoms with Crippen molar-refractivity contribution in [2.24, 2.45) is 11.8 Å². The van der Waals surface area contributed by atoms with E-state index >= 15 is 0 Å². The fourth-order valence-electron chi connectivity index (χ4n) is 3.72. The molecule has 2 heterocycles. The zero-order chi connectivity index (χ0) is 14.1. The van der Waals surface area contributed by atoms with E-state index in [2.05, 4.69) is 19.9 Å². The Morgan fingerprint density at radius 2 is 2.10 bits per heavy atom. The van der Waals surface area contributed by atoms with Crippen LogP contribution in [0.15, 0.2) is 11.6 Å². The van der Waals surface area contributed by atoms with Crippen LogP contribution in [0.5, 0.6) is 0 Å². The molecule has 0 bridgehead atoms. The standard InChI is InChI=1S/C16H24O4/c1-10(2)5-7-19-16-14-12(6-8-18-14)9-11-3-4-13(17)20-15(11)16/h5,11-12,14-16H,3-4,6-9H2,1-2H3/t11-,12-,14-,15-,16-/m1/s1. The summed E-state index contributed by atoms with van der Waals surface area (Å²) in [5, 5.41) is 0. The van der Waals surface area contributed by atoms with Gasteiger partial charge in [-0.25, -0.2) is 0 Å². The van der Waals surface area contributed by atoms with Crippen LogP contribution in [-0.4, -0.2) is 37.5 Å². The van der Waals surface area contributed by atoms with Crippen molar-refractivity contribution >= 4 is 5.97 Å². The molecule has 3 rings (SSSR count). The van der Waals surface area contributed by atoms with Crippen molar-refractivity contribution in [3.63, 3.8) is 0 Å². The smallest absolute Gasteiger partial charge is 0.306 e. The van der Waals surface area contributed by atoms with E-state index in [4.69, 9.17) is 14.2 Å². The second-order valence-corrected chi connectivity index (χ2v) is 6.45. The zero-order valence-corrected chi connectivity index (χ0v) is 12.3. The summed E-state index contributed by atoms with van der Waals surface area (Å²) >= 11 is 0. The maximum atomic E-state index is 11.6. The first-order chi connectivity index (χ1) is 9.65. The second kappa shape index (κ2) is 5.86. The van der Waals surface area contributed by atoms with Crippen molar-refractivity contribution in [1.82, 2.24) is 0 Å². The Balaban J connectivity index is 1.73. The van der Waals surface area contributed by atoms with Crippen LogP contribution in [0.2, 0.25) is 0 Å². The number of ether oxygens (including phenoxy) is 3. The van der Waals surface area contributed by atoms with Crippen molar-refractivity contribution in [3.05, 3.63) is 11.6 Å². The molecule has 2 aliphatic heterocycles. The van der Waals surface area contributed by atoms with Gasteiger partial charge in [0, 0.05) is 13.0 Å². The molecule has 0 aromatic carbocycles. The number of carbonyl (C=O) groups excluding carboxylic acids is 1. The highest BCUT2D eigenvalue weighted by Crippen LogP contribution is 2.43. The number of rotatable bonds is 3. The van der Waals surface area contributed by atoms with E-state index < -0.39 is 0 Å².